The first-order valence-corrected chi connectivity index (χ1v) is 8.82. The molecule has 0 heterocycles. The fourth-order valence-electron chi connectivity index (χ4n) is 3.17. The van der Waals surface area contributed by atoms with Crippen LogP contribution in [0.2, 0.25) is 0 Å². The Morgan fingerprint density at radius 2 is 1.61 bits per heavy atom. The smallest absolute Gasteiger partial charge is 0.421 e. The molecule has 4 nitrogen and oxygen atoms in total. The van der Waals surface area contributed by atoms with E-state index in [1.165, 1.54) is 0 Å². The van der Waals surface area contributed by atoms with Crippen molar-refractivity contribution in [3.8, 4) is 16.9 Å². The molecule has 136 valence electrons. The number of carbonyl (C=O) groups is 1. The summed E-state index contributed by atoms with van der Waals surface area (Å²) >= 11 is 0. The fraction of sp³-hybridized carbons (Fsp3) is 0.0417. The third kappa shape index (κ3) is 3.50. The monoisotopic (exact) mass is 368 g/mol. The highest BCUT2D eigenvalue weighted by atomic mass is 16.7. The molecule has 3 aromatic carbocycles. The van der Waals surface area contributed by atoms with Gasteiger partial charge in [-0.05, 0) is 34.6 Å². The normalized spacial score (nSPS) is 15.3. The molecule has 1 atom stereocenters. The molecule has 0 N–H and O–H groups in total. The number of benzene rings is 3. The lowest BCUT2D eigenvalue weighted by Gasteiger charge is -2.16. The first-order valence-electron chi connectivity index (χ1n) is 8.82. The summed E-state index contributed by atoms with van der Waals surface area (Å²) in [6.07, 6.45) is 4.84. The van der Waals surface area contributed by atoms with E-state index in [2.05, 4.69) is 0 Å². The first kappa shape index (κ1) is 17.5. The lowest BCUT2D eigenvalue weighted by atomic mass is 9.98. The summed E-state index contributed by atoms with van der Waals surface area (Å²) in [6.45, 7) is 0. The third-order valence-electron chi connectivity index (χ3n) is 4.48. The van der Waals surface area contributed by atoms with E-state index >= 15 is 0 Å². The molecule has 0 fully saturated rings. The maximum Gasteiger partial charge on any atom is 0.514 e. The second kappa shape index (κ2) is 7.78. The predicted octanol–water partition coefficient (Wildman–Crippen LogP) is 5.27. The molecule has 1 aliphatic rings. The summed E-state index contributed by atoms with van der Waals surface area (Å²) < 4.78 is 10.8. The van der Waals surface area contributed by atoms with Gasteiger partial charge in [-0.3, -0.25) is 0 Å². The van der Waals surface area contributed by atoms with Crippen molar-refractivity contribution in [2.45, 2.75) is 6.10 Å². The largest absolute Gasteiger partial charge is 0.514 e. The Labute approximate surface area is 162 Å². The van der Waals surface area contributed by atoms with Crippen molar-refractivity contribution in [2.75, 3.05) is 0 Å². The standard InChI is InChI=1S/C24H16O4/c25-16-18-9-2-5-14-22(18)27-24(26)28-23-15-6-4-12-21(23)20-13-7-10-17-8-1-3-11-19(17)20/h1-15,22H. The van der Waals surface area contributed by atoms with Crippen LogP contribution in [-0.4, -0.2) is 18.2 Å². The van der Waals surface area contributed by atoms with Crippen molar-refractivity contribution in [1.82, 2.24) is 0 Å². The minimum absolute atomic E-state index is 0.238. The third-order valence-corrected chi connectivity index (χ3v) is 4.48. The number of hydrogen-bond acceptors (Lipinski definition) is 4. The highest BCUT2D eigenvalue weighted by Crippen LogP contribution is 2.35. The van der Waals surface area contributed by atoms with Crippen LogP contribution in [-0.2, 0) is 9.53 Å². The van der Waals surface area contributed by atoms with Crippen LogP contribution >= 0.6 is 0 Å². The molecule has 0 radical (unpaired) electrons. The minimum Gasteiger partial charge on any atom is -0.421 e. The summed E-state index contributed by atoms with van der Waals surface area (Å²) in [4.78, 5) is 23.3. The molecular weight excluding hydrogens is 352 g/mol. The van der Waals surface area contributed by atoms with Gasteiger partial charge in [-0.15, -0.1) is 0 Å². The zero-order valence-corrected chi connectivity index (χ0v) is 14.9. The van der Waals surface area contributed by atoms with Gasteiger partial charge in [0.2, 0.25) is 0 Å². The Bertz CT molecular complexity index is 1140. The van der Waals surface area contributed by atoms with Crippen molar-refractivity contribution in [2.24, 2.45) is 0 Å². The summed E-state index contributed by atoms with van der Waals surface area (Å²) in [5.74, 6) is 2.16. The molecule has 4 rings (SSSR count). The minimum atomic E-state index is -0.884. The number of carbonyl (C=O) groups excluding carboxylic acids is 2. The lowest BCUT2D eigenvalue weighted by Crippen LogP contribution is -2.22. The number of para-hydroxylation sites is 1. The van der Waals surface area contributed by atoms with E-state index in [0.717, 1.165) is 21.9 Å². The van der Waals surface area contributed by atoms with Gasteiger partial charge in [0, 0.05) is 5.56 Å². The van der Waals surface area contributed by atoms with Gasteiger partial charge in [0.1, 0.15) is 11.7 Å². The SMILES string of the molecule is O=C=C1C=CC=CC1OC(=O)Oc1ccccc1-c1cccc2ccccc12. The molecule has 0 bridgehead atoms. The quantitative estimate of drug-likeness (QED) is 0.359. The van der Waals surface area contributed by atoms with Crippen molar-refractivity contribution in [3.05, 3.63) is 96.6 Å². The van der Waals surface area contributed by atoms with E-state index in [9.17, 15) is 9.59 Å². The van der Waals surface area contributed by atoms with Crippen molar-refractivity contribution in [1.29, 1.82) is 0 Å². The molecule has 0 saturated carbocycles. The number of rotatable bonds is 3. The molecule has 1 unspecified atom stereocenters. The van der Waals surface area contributed by atoms with Gasteiger partial charge < -0.3 is 9.47 Å². The van der Waals surface area contributed by atoms with Gasteiger partial charge in [0.25, 0.3) is 0 Å². The zero-order valence-electron chi connectivity index (χ0n) is 14.9. The van der Waals surface area contributed by atoms with E-state index in [-0.39, 0.29) is 5.57 Å². The van der Waals surface area contributed by atoms with Crippen molar-refractivity contribution < 1.29 is 19.1 Å². The average molecular weight is 368 g/mol. The van der Waals surface area contributed by atoms with E-state index < -0.39 is 12.3 Å². The molecule has 3 aromatic rings. The molecule has 0 spiro atoms. The van der Waals surface area contributed by atoms with Gasteiger partial charge in [-0.2, -0.15) is 0 Å². The molecule has 1 aliphatic carbocycles. The summed E-state index contributed by atoms with van der Waals surface area (Å²) in [5, 5.41) is 2.15. The van der Waals surface area contributed by atoms with Gasteiger partial charge >= 0.3 is 6.16 Å². The van der Waals surface area contributed by atoms with E-state index in [0.29, 0.717) is 5.75 Å². The van der Waals surface area contributed by atoms with E-state index in [4.69, 9.17) is 9.47 Å². The van der Waals surface area contributed by atoms with Crippen LogP contribution < -0.4 is 4.74 Å². The molecule has 4 heteroatoms. The fourth-order valence-corrected chi connectivity index (χ4v) is 3.17. The molecule has 0 amide bonds. The topological polar surface area (TPSA) is 52.6 Å². The molecule has 0 aliphatic heterocycles. The second-order valence-corrected chi connectivity index (χ2v) is 6.21. The first-order chi connectivity index (χ1) is 13.8. The number of ether oxygens (including phenoxy) is 2. The van der Waals surface area contributed by atoms with Gasteiger partial charge in [0.05, 0.1) is 5.57 Å². The van der Waals surface area contributed by atoms with Crippen LogP contribution in [0.15, 0.2) is 96.6 Å². The number of hydrogen-bond donors (Lipinski definition) is 0. The Kier molecular flexibility index (Phi) is 4.87. The van der Waals surface area contributed by atoms with Crippen LogP contribution in [0.1, 0.15) is 0 Å². The van der Waals surface area contributed by atoms with Crippen LogP contribution in [0.5, 0.6) is 5.75 Å². The van der Waals surface area contributed by atoms with Crippen LogP contribution in [0.4, 0.5) is 4.79 Å². The average Bonchev–Trinajstić information content (AvgIpc) is 2.74. The second-order valence-electron chi connectivity index (χ2n) is 6.21. The van der Waals surface area contributed by atoms with Gasteiger partial charge in [-0.1, -0.05) is 72.8 Å². The van der Waals surface area contributed by atoms with Crippen molar-refractivity contribution >= 4 is 22.9 Å². The van der Waals surface area contributed by atoms with E-state index in [1.807, 2.05) is 54.6 Å². The Morgan fingerprint density at radius 1 is 0.857 bits per heavy atom. The maximum atomic E-state index is 12.3. The van der Waals surface area contributed by atoms with E-state index in [1.54, 1.807) is 42.4 Å². The van der Waals surface area contributed by atoms with Crippen LogP contribution in [0.25, 0.3) is 21.9 Å². The lowest BCUT2D eigenvalue weighted by molar-refractivity contribution is 0.0885. The summed E-state index contributed by atoms with van der Waals surface area (Å²) in [6, 6.07) is 21.3. The molecular formula is C24H16O4. The summed E-state index contributed by atoms with van der Waals surface area (Å²) in [5.41, 5.74) is 1.97. The maximum absolute atomic E-state index is 12.3. The predicted molar refractivity (Wildman–Crippen MR) is 108 cm³/mol. The number of allylic oxidation sites excluding steroid dienone is 2. The highest BCUT2D eigenvalue weighted by molar-refractivity contribution is 5.98. The zero-order chi connectivity index (χ0) is 19.3. The van der Waals surface area contributed by atoms with Gasteiger partial charge in [-0.25, -0.2) is 9.59 Å². The number of fused-ring (bicyclic) bond motifs is 1. The highest BCUT2D eigenvalue weighted by Gasteiger charge is 2.20. The Hall–Kier alpha value is -3.88. The Balaban J connectivity index is 1.63. The van der Waals surface area contributed by atoms with Crippen LogP contribution in [0.3, 0.4) is 0 Å². The molecule has 0 saturated heterocycles. The van der Waals surface area contributed by atoms with Crippen molar-refractivity contribution in [3.63, 3.8) is 0 Å². The van der Waals surface area contributed by atoms with Crippen LogP contribution in [0, 0.1) is 0 Å². The van der Waals surface area contributed by atoms with Gasteiger partial charge in [0.15, 0.2) is 6.10 Å². The summed E-state index contributed by atoms with van der Waals surface area (Å²) in [7, 11) is 0. The molecule has 0 aromatic heterocycles. The Morgan fingerprint density at radius 3 is 2.50 bits per heavy atom. The molecule has 28 heavy (non-hydrogen) atoms.